The molecule has 6 heteroatoms. The number of oxazole rings is 1. The third-order valence-corrected chi connectivity index (χ3v) is 4.76. The Morgan fingerprint density at radius 1 is 1.10 bits per heavy atom. The van der Waals surface area contributed by atoms with Crippen molar-refractivity contribution in [2.45, 2.75) is 12.8 Å². The first-order chi connectivity index (χ1) is 14.5. The third kappa shape index (κ3) is 4.01. The summed E-state index contributed by atoms with van der Waals surface area (Å²) in [6.07, 6.45) is 0.945. The molecule has 2 aromatic carbocycles. The third-order valence-electron chi connectivity index (χ3n) is 4.76. The highest BCUT2D eigenvalue weighted by Gasteiger charge is 2.13. The molecule has 0 saturated carbocycles. The predicted octanol–water partition coefficient (Wildman–Crippen LogP) is 3.41. The molecule has 0 bridgehead atoms. The van der Waals surface area contributed by atoms with Crippen LogP contribution in [0.25, 0.3) is 11.2 Å². The van der Waals surface area contributed by atoms with E-state index in [1.807, 2.05) is 30.3 Å². The maximum atomic E-state index is 12.7. The van der Waals surface area contributed by atoms with Crippen LogP contribution >= 0.6 is 0 Å². The van der Waals surface area contributed by atoms with E-state index in [1.54, 1.807) is 25.2 Å². The highest BCUT2D eigenvalue weighted by Crippen LogP contribution is 2.16. The Hall–Kier alpha value is -4.11. The molecule has 0 atom stereocenters. The van der Waals surface area contributed by atoms with Crippen LogP contribution in [0.5, 0.6) is 0 Å². The van der Waals surface area contributed by atoms with E-state index < -0.39 is 5.97 Å². The Bertz CT molecular complexity index is 1340. The van der Waals surface area contributed by atoms with Gasteiger partial charge in [-0.3, -0.25) is 9.36 Å². The molecule has 0 saturated heterocycles. The van der Waals surface area contributed by atoms with E-state index in [1.165, 1.54) is 16.7 Å². The minimum absolute atomic E-state index is 0.190. The van der Waals surface area contributed by atoms with E-state index in [-0.39, 0.29) is 17.0 Å². The summed E-state index contributed by atoms with van der Waals surface area (Å²) in [7, 11) is 1.63. The molecule has 0 aliphatic rings. The summed E-state index contributed by atoms with van der Waals surface area (Å²) in [5, 5.41) is 9.01. The van der Waals surface area contributed by atoms with Crippen molar-refractivity contribution in [3.63, 3.8) is 0 Å². The van der Waals surface area contributed by atoms with Crippen molar-refractivity contribution in [3.8, 4) is 11.8 Å². The highest BCUT2D eigenvalue weighted by atomic mass is 16.4. The maximum Gasteiger partial charge on any atom is 0.335 e. The average Bonchev–Trinajstić information content (AvgIpc) is 3.16. The van der Waals surface area contributed by atoms with Crippen molar-refractivity contribution in [2.24, 2.45) is 7.05 Å². The van der Waals surface area contributed by atoms with Crippen LogP contribution in [-0.4, -0.2) is 20.6 Å². The Balaban J connectivity index is 1.61. The molecule has 0 spiro atoms. The molecule has 0 radical (unpaired) electrons. The Labute approximate surface area is 172 Å². The van der Waals surface area contributed by atoms with E-state index in [0.29, 0.717) is 29.6 Å². The van der Waals surface area contributed by atoms with Crippen LogP contribution in [-0.2, 0) is 19.9 Å². The summed E-state index contributed by atoms with van der Waals surface area (Å²) in [4.78, 5) is 28.1. The van der Waals surface area contributed by atoms with Crippen molar-refractivity contribution in [1.29, 1.82) is 0 Å². The normalized spacial score (nSPS) is 10.6. The first kappa shape index (κ1) is 19.2. The van der Waals surface area contributed by atoms with Gasteiger partial charge in [0.25, 0.3) is 11.4 Å². The molecule has 0 aliphatic heterocycles. The second-order valence-electron chi connectivity index (χ2n) is 6.89. The molecule has 6 nitrogen and oxygen atoms in total. The molecule has 30 heavy (non-hydrogen) atoms. The molecule has 0 amide bonds. The highest BCUT2D eigenvalue weighted by molar-refractivity contribution is 5.87. The minimum Gasteiger partial charge on any atom is -0.478 e. The van der Waals surface area contributed by atoms with Gasteiger partial charge in [0.05, 0.1) is 5.56 Å². The molecule has 0 fully saturated rings. The van der Waals surface area contributed by atoms with E-state index >= 15 is 0 Å². The lowest BCUT2D eigenvalue weighted by molar-refractivity contribution is 0.0697. The molecular formula is C24H18N2O4. The predicted molar refractivity (Wildman–Crippen MR) is 112 cm³/mol. The van der Waals surface area contributed by atoms with Gasteiger partial charge in [-0.2, -0.15) is 4.98 Å². The minimum atomic E-state index is -0.984. The van der Waals surface area contributed by atoms with Crippen LogP contribution in [0.3, 0.4) is 0 Å². The van der Waals surface area contributed by atoms with Gasteiger partial charge in [-0.05, 0) is 35.2 Å². The molecule has 4 rings (SSSR count). The quantitative estimate of drug-likeness (QED) is 0.533. The Morgan fingerprint density at radius 3 is 2.53 bits per heavy atom. The summed E-state index contributed by atoms with van der Waals surface area (Å²) in [6.45, 7) is 0. The van der Waals surface area contributed by atoms with Crippen LogP contribution in [0.2, 0.25) is 0 Å². The number of aromatic nitrogens is 2. The Kier molecular flexibility index (Phi) is 5.19. The number of carbonyl (C=O) groups is 1. The molecule has 0 aliphatic carbocycles. The molecule has 2 heterocycles. The molecular weight excluding hydrogens is 380 g/mol. The van der Waals surface area contributed by atoms with Crippen LogP contribution in [0.15, 0.2) is 69.9 Å². The number of carboxylic acid groups (broad SMARTS) is 1. The van der Waals surface area contributed by atoms with E-state index in [0.717, 1.165) is 11.1 Å². The van der Waals surface area contributed by atoms with Gasteiger partial charge in [-0.1, -0.05) is 48.4 Å². The van der Waals surface area contributed by atoms with Crippen molar-refractivity contribution < 1.29 is 14.3 Å². The molecule has 4 aromatic rings. The van der Waals surface area contributed by atoms with E-state index in [9.17, 15) is 9.59 Å². The van der Waals surface area contributed by atoms with Crippen molar-refractivity contribution in [3.05, 3.63) is 99.2 Å². The number of hydrogen-bond donors (Lipinski definition) is 1. The van der Waals surface area contributed by atoms with Gasteiger partial charge in [-0.15, -0.1) is 0 Å². The summed E-state index contributed by atoms with van der Waals surface area (Å²) in [5.41, 5.74) is 3.42. The van der Waals surface area contributed by atoms with Gasteiger partial charge in [0.1, 0.15) is 5.52 Å². The zero-order valence-corrected chi connectivity index (χ0v) is 16.3. The molecule has 2 aromatic heterocycles. The summed E-state index contributed by atoms with van der Waals surface area (Å²) < 4.78 is 7.10. The van der Waals surface area contributed by atoms with Gasteiger partial charge < -0.3 is 9.52 Å². The SMILES string of the molecule is Cn1c(=O)c(Cc2ccc(C(=O)O)cc2)cc2nc(C#CCc3ccccc3)oc21. The summed E-state index contributed by atoms with van der Waals surface area (Å²) in [6, 6.07) is 18.0. The fourth-order valence-electron chi connectivity index (χ4n) is 3.18. The molecule has 1 N–H and O–H groups in total. The van der Waals surface area contributed by atoms with Crippen LogP contribution in [0.4, 0.5) is 0 Å². The van der Waals surface area contributed by atoms with Gasteiger partial charge in [0.2, 0.25) is 5.71 Å². The van der Waals surface area contributed by atoms with Crippen molar-refractivity contribution in [1.82, 2.24) is 9.55 Å². The van der Waals surface area contributed by atoms with Gasteiger partial charge in [0, 0.05) is 25.5 Å². The van der Waals surface area contributed by atoms with E-state index in [4.69, 9.17) is 9.52 Å². The number of hydrogen-bond acceptors (Lipinski definition) is 4. The first-order valence-electron chi connectivity index (χ1n) is 9.36. The number of rotatable bonds is 4. The smallest absolute Gasteiger partial charge is 0.335 e. The largest absolute Gasteiger partial charge is 0.478 e. The lowest BCUT2D eigenvalue weighted by Crippen LogP contribution is -2.21. The average molecular weight is 398 g/mol. The maximum absolute atomic E-state index is 12.7. The number of nitrogens with zero attached hydrogens (tertiary/aromatic N) is 2. The number of benzene rings is 2. The number of fused-ring (bicyclic) bond motifs is 1. The summed E-state index contributed by atoms with van der Waals surface area (Å²) in [5.74, 6) is 5.24. The zero-order chi connectivity index (χ0) is 21.1. The van der Waals surface area contributed by atoms with E-state index in [2.05, 4.69) is 16.8 Å². The fraction of sp³-hybridized carbons (Fsp3) is 0.125. The van der Waals surface area contributed by atoms with Crippen molar-refractivity contribution >= 4 is 17.2 Å². The monoisotopic (exact) mass is 398 g/mol. The van der Waals surface area contributed by atoms with Crippen LogP contribution in [0.1, 0.15) is 32.9 Å². The summed E-state index contributed by atoms with van der Waals surface area (Å²) >= 11 is 0. The fourth-order valence-corrected chi connectivity index (χ4v) is 3.18. The topological polar surface area (TPSA) is 85.3 Å². The zero-order valence-electron chi connectivity index (χ0n) is 16.3. The van der Waals surface area contributed by atoms with Gasteiger partial charge in [-0.25, -0.2) is 4.79 Å². The number of carboxylic acids is 1. The van der Waals surface area contributed by atoms with Crippen LogP contribution in [0, 0.1) is 11.8 Å². The van der Waals surface area contributed by atoms with Gasteiger partial charge in [0.15, 0.2) is 0 Å². The Morgan fingerprint density at radius 2 is 1.83 bits per heavy atom. The van der Waals surface area contributed by atoms with Crippen molar-refractivity contribution in [2.75, 3.05) is 0 Å². The lowest BCUT2D eigenvalue weighted by Gasteiger charge is -2.05. The van der Waals surface area contributed by atoms with Gasteiger partial charge >= 0.3 is 5.97 Å². The molecule has 0 unspecified atom stereocenters. The van der Waals surface area contributed by atoms with Crippen LogP contribution < -0.4 is 5.56 Å². The number of pyridine rings is 1. The second kappa shape index (κ2) is 8.10. The first-order valence-corrected chi connectivity index (χ1v) is 9.36. The molecule has 148 valence electrons. The lowest BCUT2D eigenvalue weighted by atomic mass is 10.0. The number of aromatic carboxylic acids is 1. The second-order valence-corrected chi connectivity index (χ2v) is 6.89. The number of aryl methyl sites for hydroxylation is 1. The standard InChI is InChI=1S/C24H18N2O4/c1-26-22(27)19(14-17-10-12-18(13-11-17)24(28)29)15-20-23(26)30-21(25-20)9-5-8-16-6-3-2-4-7-16/h2-4,6-7,10-13,15H,8,14H2,1H3,(H,28,29).